The van der Waals surface area contributed by atoms with E-state index in [9.17, 15) is 9.59 Å². The second-order valence-corrected chi connectivity index (χ2v) is 10.4. The molecule has 0 radical (unpaired) electrons. The SMILES string of the molecule is COc1ccc(CCNC(=O)C(=O)N[C@@H](C)[C@@H](c2cccs2)N2CCN(Cc3ccccc3)CC2)cc1. The Morgan fingerprint density at radius 3 is 2.30 bits per heavy atom. The number of piperazine rings is 1. The summed E-state index contributed by atoms with van der Waals surface area (Å²) in [6.07, 6.45) is 0.643. The molecule has 0 spiro atoms. The standard InChI is InChI=1S/C29H36N4O3S/c1-22(31-29(35)28(34)30-15-14-23-10-12-25(36-2)13-11-23)27(26-9-6-20-37-26)33-18-16-32(17-19-33)21-24-7-4-3-5-8-24/h3-13,20,22,27H,14-19,21H2,1-2H3,(H,30,34)(H,31,35)/t22-,27-/m0/s1. The lowest BCUT2D eigenvalue weighted by Crippen LogP contribution is -2.53. The number of amides is 2. The van der Waals surface area contributed by atoms with Gasteiger partial charge in [0.05, 0.1) is 13.2 Å². The van der Waals surface area contributed by atoms with Gasteiger partial charge in [-0.05, 0) is 48.1 Å². The predicted octanol–water partition coefficient (Wildman–Crippen LogP) is 3.48. The van der Waals surface area contributed by atoms with Gasteiger partial charge in [-0.3, -0.25) is 19.4 Å². The van der Waals surface area contributed by atoms with Crippen molar-refractivity contribution in [3.05, 3.63) is 88.1 Å². The highest BCUT2D eigenvalue weighted by atomic mass is 32.1. The molecule has 2 amide bonds. The third kappa shape index (κ3) is 7.64. The number of rotatable bonds is 10. The third-order valence-electron chi connectivity index (χ3n) is 6.78. The van der Waals surface area contributed by atoms with E-state index in [2.05, 4.69) is 56.1 Å². The first-order chi connectivity index (χ1) is 18.0. The summed E-state index contributed by atoms with van der Waals surface area (Å²) < 4.78 is 5.17. The molecule has 2 aromatic carbocycles. The Kier molecular flexibility index (Phi) is 9.71. The molecule has 8 heteroatoms. The van der Waals surface area contributed by atoms with Crippen LogP contribution < -0.4 is 15.4 Å². The van der Waals surface area contributed by atoms with E-state index in [1.165, 1.54) is 10.4 Å². The summed E-state index contributed by atoms with van der Waals surface area (Å²) in [6, 6.07) is 22.2. The van der Waals surface area contributed by atoms with Gasteiger partial charge in [0, 0.05) is 50.2 Å². The van der Waals surface area contributed by atoms with E-state index in [-0.39, 0.29) is 12.1 Å². The van der Waals surface area contributed by atoms with E-state index in [0.717, 1.165) is 44.0 Å². The zero-order valence-corrected chi connectivity index (χ0v) is 22.4. The topological polar surface area (TPSA) is 73.9 Å². The van der Waals surface area contributed by atoms with Gasteiger partial charge in [0.25, 0.3) is 0 Å². The van der Waals surface area contributed by atoms with Gasteiger partial charge in [-0.15, -0.1) is 11.3 Å². The minimum atomic E-state index is -0.599. The van der Waals surface area contributed by atoms with Gasteiger partial charge in [0.1, 0.15) is 5.75 Å². The average Bonchev–Trinajstić information content (AvgIpc) is 3.45. The molecule has 2 heterocycles. The maximum atomic E-state index is 12.7. The van der Waals surface area contributed by atoms with Crippen molar-refractivity contribution in [3.63, 3.8) is 0 Å². The summed E-state index contributed by atoms with van der Waals surface area (Å²) in [4.78, 5) is 31.3. The smallest absolute Gasteiger partial charge is 0.309 e. The Hall–Kier alpha value is -3.20. The number of ether oxygens (including phenoxy) is 1. The maximum Gasteiger partial charge on any atom is 0.309 e. The zero-order valence-electron chi connectivity index (χ0n) is 21.6. The monoisotopic (exact) mass is 520 g/mol. The molecule has 7 nitrogen and oxygen atoms in total. The molecule has 0 aliphatic carbocycles. The fraction of sp³-hybridized carbons (Fsp3) is 0.379. The van der Waals surface area contributed by atoms with Gasteiger partial charge in [-0.2, -0.15) is 0 Å². The lowest BCUT2D eigenvalue weighted by molar-refractivity contribution is -0.139. The van der Waals surface area contributed by atoms with Crippen LogP contribution >= 0.6 is 11.3 Å². The van der Waals surface area contributed by atoms with Gasteiger partial charge in [-0.25, -0.2) is 0 Å². The number of thiophene rings is 1. The van der Waals surface area contributed by atoms with Gasteiger partial charge < -0.3 is 15.4 Å². The largest absolute Gasteiger partial charge is 0.497 e. The highest BCUT2D eigenvalue weighted by Gasteiger charge is 2.31. The van der Waals surface area contributed by atoms with Crippen LogP contribution in [0.15, 0.2) is 72.1 Å². The van der Waals surface area contributed by atoms with Crippen molar-refractivity contribution in [2.45, 2.75) is 32.0 Å². The molecule has 1 aliphatic rings. The van der Waals surface area contributed by atoms with Gasteiger partial charge >= 0.3 is 11.8 Å². The summed E-state index contributed by atoms with van der Waals surface area (Å²) in [5, 5.41) is 7.78. The van der Waals surface area contributed by atoms with Crippen LogP contribution in [-0.2, 0) is 22.6 Å². The molecule has 2 atom stereocenters. The Labute approximate surface area is 223 Å². The number of hydrogen-bond acceptors (Lipinski definition) is 6. The number of carbonyl (C=O) groups is 2. The zero-order chi connectivity index (χ0) is 26.0. The molecule has 1 saturated heterocycles. The predicted molar refractivity (Wildman–Crippen MR) is 148 cm³/mol. The molecule has 3 aromatic rings. The Balaban J connectivity index is 1.28. The molecule has 1 aromatic heterocycles. The second kappa shape index (κ2) is 13.4. The van der Waals surface area contributed by atoms with E-state index in [0.29, 0.717) is 13.0 Å². The molecular weight excluding hydrogens is 484 g/mol. The van der Waals surface area contributed by atoms with Crippen molar-refractivity contribution in [1.82, 2.24) is 20.4 Å². The summed E-state index contributed by atoms with van der Waals surface area (Å²) in [5.74, 6) is -0.400. The molecule has 0 saturated carbocycles. The number of carbonyl (C=O) groups excluding carboxylic acids is 2. The molecule has 1 aliphatic heterocycles. The maximum absolute atomic E-state index is 12.7. The number of nitrogens with zero attached hydrogens (tertiary/aromatic N) is 2. The summed E-state index contributed by atoms with van der Waals surface area (Å²) in [6.45, 7) is 7.06. The third-order valence-corrected chi connectivity index (χ3v) is 7.72. The van der Waals surface area contributed by atoms with Crippen LogP contribution in [-0.4, -0.2) is 67.5 Å². The van der Waals surface area contributed by atoms with Crippen LogP contribution in [0.1, 0.15) is 29.0 Å². The Morgan fingerprint density at radius 2 is 1.65 bits per heavy atom. The van der Waals surface area contributed by atoms with E-state index < -0.39 is 11.8 Å². The average molecular weight is 521 g/mol. The fourth-order valence-corrected chi connectivity index (χ4v) is 5.75. The molecule has 37 heavy (non-hydrogen) atoms. The molecule has 2 N–H and O–H groups in total. The number of methoxy groups -OCH3 is 1. The summed E-state index contributed by atoms with van der Waals surface area (Å²) in [7, 11) is 1.63. The van der Waals surface area contributed by atoms with Crippen LogP contribution in [0.3, 0.4) is 0 Å². The Bertz CT molecular complexity index is 1110. The number of benzene rings is 2. The first-order valence-electron chi connectivity index (χ1n) is 12.8. The minimum Gasteiger partial charge on any atom is -0.497 e. The van der Waals surface area contributed by atoms with Crippen molar-refractivity contribution in [1.29, 1.82) is 0 Å². The van der Waals surface area contributed by atoms with Crippen LogP contribution in [0.25, 0.3) is 0 Å². The van der Waals surface area contributed by atoms with Gasteiger partial charge in [0.15, 0.2) is 0 Å². The van der Waals surface area contributed by atoms with E-state index >= 15 is 0 Å². The van der Waals surface area contributed by atoms with Gasteiger partial charge in [0.2, 0.25) is 0 Å². The Morgan fingerprint density at radius 1 is 0.919 bits per heavy atom. The lowest BCUT2D eigenvalue weighted by Gasteiger charge is -2.41. The van der Waals surface area contributed by atoms with E-state index in [1.807, 2.05) is 43.3 Å². The normalized spacial score (nSPS) is 16.1. The fourth-order valence-electron chi connectivity index (χ4n) is 4.79. The highest BCUT2D eigenvalue weighted by Crippen LogP contribution is 2.29. The molecule has 0 bridgehead atoms. The van der Waals surface area contributed by atoms with Crippen LogP contribution in [0, 0.1) is 0 Å². The van der Waals surface area contributed by atoms with Gasteiger partial charge in [-0.1, -0.05) is 48.5 Å². The second-order valence-electron chi connectivity index (χ2n) is 9.37. The van der Waals surface area contributed by atoms with Crippen molar-refractivity contribution in [2.24, 2.45) is 0 Å². The van der Waals surface area contributed by atoms with Crippen molar-refractivity contribution < 1.29 is 14.3 Å². The molecule has 4 rings (SSSR count). The number of nitrogens with one attached hydrogen (secondary N) is 2. The first kappa shape index (κ1) is 26.9. The molecule has 0 unspecified atom stereocenters. The van der Waals surface area contributed by atoms with Crippen molar-refractivity contribution in [2.75, 3.05) is 39.8 Å². The summed E-state index contributed by atoms with van der Waals surface area (Å²) in [5.41, 5.74) is 2.39. The van der Waals surface area contributed by atoms with Crippen LogP contribution in [0.5, 0.6) is 5.75 Å². The number of hydrogen-bond donors (Lipinski definition) is 2. The van der Waals surface area contributed by atoms with E-state index in [1.54, 1.807) is 18.4 Å². The molecule has 196 valence electrons. The molecular formula is C29H36N4O3S. The van der Waals surface area contributed by atoms with Crippen molar-refractivity contribution >= 4 is 23.2 Å². The van der Waals surface area contributed by atoms with Crippen LogP contribution in [0.4, 0.5) is 0 Å². The van der Waals surface area contributed by atoms with Crippen LogP contribution in [0.2, 0.25) is 0 Å². The van der Waals surface area contributed by atoms with E-state index in [4.69, 9.17) is 4.74 Å². The summed E-state index contributed by atoms with van der Waals surface area (Å²) >= 11 is 1.69. The first-order valence-corrected chi connectivity index (χ1v) is 13.7. The quantitative estimate of drug-likeness (QED) is 0.401. The molecule has 1 fully saturated rings. The lowest BCUT2D eigenvalue weighted by atomic mass is 10.0. The highest BCUT2D eigenvalue weighted by molar-refractivity contribution is 7.10. The van der Waals surface area contributed by atoms with Crippen molar-refractivity contribution in [3.8, 4) is 5.75 Å². The minimum absolute atomic E-state index is 0.0231.